The minimum Gasteiger partial charge on any atom is -0.368 e. The van der Waals surface area contributed by atoms with Crippen molar-refractivity contribution in [2.45, 2.75) is 12.3 Å². The topological polar surface area (TPSA) is 40.9 Å². The molecular weight excluding hydrogens is 420 g/mol. The van der Waals surface area contributed by atoms with Crippen LogP contribution in [0.15, 0.2) is 85.2 Å². The Morgan fingerprint density at radius 2 is 1.72 bits per heavy atom. The fourth-order valence-electron chi connectivity index (χ4n) is 4.48. The first-order valence-corrected chi connectivity index (χ1v) is 11.3. The van der Waals surface area contributed by atoms with E-state index in [9.17, 15) is 4.79 Å². The third-order valence-corrected chi connectivity index (χ3v) is 6.42. The molecule has 1 aliphatic heterocycles. The molecule has 2 aromatic carbocycles. The maximum absolute atomic E-state index is 13.4. The Kier molecular flexibility index (Phi) is 5.82. The Hall–Kier alpha value is -3.31. The van der Waals surface area contributed by atoms with Gasteiger partial charge in [-0.05, 0) is 35.9 Å². The number of carbonyl (C=O) groups excluding carboxylic acids is 1. The van der Waals surface area contributed by atoms with E-state index >= 15 is 0 Å². The standard InChI is InChI=1S/C26H25ClN4O/c27-21-9-6-10-22(17-21)29-13-15-30(16-14-29)26(32)18-23(20-7-2-1-3-8-20)24-19-28-25-11-4-5-12-31(24)25/h1-12,17,19,23H,13-16,18H2. The fourth-order valence-corrected chi connectivity index (χ4v) is 4.66. The van der Waals surface area contributed by atoms with Crippen molar-refractivity contribution in [3.63, 3.8) is 0 Å². The summed E-state index contributed by atoms with van der Waals surface area (Å²) in [6.45, 7) is 3.02. The molecule has 0 spiro atoms. The van der Waals surface area contributed by atoms with E-state index in [0.29, 0.717) is 19.5 Å². The lowest BCUT2D eigenvalue weighted by Gasteiger charge is -2.36. The van der Waals surface area contributed by atoms with Crippen LogP contribution in [0.5, 0.6) is 0 Å². The molecule has 0 N–H and O–H groups in total. The molecule has 5 nitrogen and oxygen atoms in total. The maximum atomic E-state index is 13.4. The lowest BCUT2D eigenvalue weighted by atomic mass is 9.92. The Labute approximate surface area is 192 Å². The van der Waals surface area contributed by atoms with Crippen LogP contribution in [0.2, 0.25) is 5.02 Å². The molecule has 1 fully saturated rings. The van der Waals surface area contributed by atoms with Gasteiger partial charge in [-0.25, -0.2) is 4.98 Å². The zero-order chi connectivity index (χ0) is 21.9. The molecule has 1 saturated heterocycles. The van der Waals surface area contributed by atoms with Crippen LogP contribution >= 0.6 is 11.6 Å². The average molecular weight is 445 g/mol. The molecule has 1 atom stereocenters. The Morgan fingerprint density at radius 3 is 2.50 bits per heavy atom. The largest absolute Gasteiger partial charge is 0.368 e. The normalized spacial score (nSPS) is 15.2. The number of imidazole rings is 1. The number of rotatable bonds is 5. The number of benzene rings is 2. The Balaban J connectivity index is 1.34. The summed E-state index contributed by atoms with van der Waals surface area (Å²) < 4.78 is 2.09. The number of anilines is 1. The van der Waals surface area contributed by atoms with Gasteiger partial charge in [0.1, 0.15) is 5.65 Å². The summed E-state index contributed by atoms with van der Waals surface area (Å²) in [4.78, 5) is 22.2. The molecule has 4 aromatic rings. The monoisotopic (exact) mass is 444 g/mol. The van der Waals surface area contributed by atoms with E-state index in [2.05, 4.69) is 32.5 Å². The molecule has 1 aliphatic rings. The van der Waals surface area contributed by atoms with Gasteiger partial charge in [-0.2, -0.15) is 0 Å². The number of piperazine rings is 1. The Bertz CT molecular complexity index is 1210. The van der Waals surface area contributed by atoms with Gasteiger partial charge in [-0.3, -0.25) is 4.79 Å². The minimum absolute atomic E-state index is 0.0490. The average Bonchev–Trinajstić information content (AvgIpc) is 3.27. The number of pyridine rings is 1. The van der Waals surface area contributed by atoms with Gasteiger partial charge in [0.15, 0.2) is 0 Å². The van der Waals surface area contributed by atoms with Crippen LogP contribution in [-0.4, -0.2) is 46.4 Å². The quantitative estimate of drug-likeness (QED) is 0.441. The first kappa shape index (κ1) is 20.6. The van der Waals surface area contributed by atoms with Crippen LogP contribution in [0.3, 0.4) is 0 Å². The van der Waals surface area contributed by atoms with Crippen molar-refractivity contribution in [1.82, 2.24) is 14.3 Å². The smallest absolute Gasteiger partial charge is 0.223 e. The highest BCUT2D eigenvalue weighted by Crippen LogP contribution is 2.30. The summed E-state index contributed by atoms with van der Waals surface area (Å²) >= 11 is 6.15. The molecule has 162 valence electrons. The van der Waals surface area contributed by atoms with Gasteiger partial charge in [0, 0.05) is 61.6 Å². The van der Waals surface area contributed by atoms with Crippen molar-refractivity contribution in [2.24, 2.45) is 0 Å². The first-order chi connectivity index (χ1) is 15.7. The van der Waals surface area contributed by atoms with E-state index in [-0.39, 0.29) is 11.8 Å². The predicted molar refractivity (Wildman–Crippen MR) is 128 cm³/mol. The lowest BCUT2D eigenvalue weighted by molar-refractivity contribution is -0.131. The second-order valence-corrected chi connectivity index (χ2v) is 8.56. The van der Waals surface area contributed by atoms with Crippen molar-refractivity contribution in [3.05, 3.63) is 101 Å². The second-order valence-electron chi connectivity index (χ2n) is 8.13. The first-order valence-electron chi connectivity index (χ1n) is 10.9. The van der Waals surface area contributed by atoms with E-state index in [1.807, 2.05) is 71.9 Å². The zero-order valence-electron chi connectivity index (χ0n) is 17.8. The van der Waals surface area contributed by atoms with E-state index < -0.39 is 0 Å². The minimum atomic E-state index is -0.0490. The van der Waals surface area contributed by atoms with Gasteiger partial charge >= 0.3 is 0 Å². The summed E-state index contributed by atoms with van der Waals surface area (Å²) in [7, 11) is 0. The van der Waals surface area contributed by atoms with E-state index in [4.69, 9.17) is 11.6 Å². The van der Waals surface area contributed by atoms with Crippen molar-refractivity contribution in [2.75, 3.05) is 31.1 Å². The molecule has 1 amide bonds. The summed E-state index contributed by atoms with van der Waals surface area (Å²) in [5.74, 6) is 0.127. The second kappa shape index (κ2) is 9.05. The van der Waals surface area contributed by atoms with E-state index in [1.165, 1.54) is 0 Å². The molecule has 0 bridgehead atoms. The molecule has 1 unspecified atom stereocenters. The SMILES string of the molecule is O=C(CC(c1ccccc1)c1cnc2ccccn12)N1CCN(c2cccc(Cl)c2)CC1. The van der Waals surface area contributed by atoms with Gasteiger partial charge in [0.25, 0.3) is 0 Å². The summed E-state index contributed by atoms with van der Waals surface area (Å²) in [5.41, 5.74) is 4.17. The van der Waals surface area contributed by atoms with Crippen LogP contribution in [0.1, 0.15) is 23.6 Å². The van der Waals surface area contributed by atoms with Gasteiger partial charge < -0.3 is 14.2 Å². The zero-order valence-corrected chi connectivity index (χ0v) is 18.5. The summed E-state index contributed by atoms with van der Waals surface area (Å²) in [6.07, 6.45) is 4.34. The maximum Gasteiger partial charge on any atom is 0.223 e. The molecule has 5 rings (SSSR count). The number of halogens is 1. The van der Waals surface area contributed by atoms with Gasteiger partial charge in [-0.1, -0.05) is 54.1 Å². The molecule has 32 heavy (non-hydrogen) atoms. The van der Waals surface area contributed by atoms with Crippen LogP contribution in [0, 0.1) is 0 Å². The number of carbonyl (C=O) groups is 1. The Morgan fingerprint density at radius 1 is 0.938 bits per heavy atom. The number of aromatic nitrogens is 2. The number of amides is 1. The molecule has 0 aliphatic carbocycles. The van der Waals surface area contributed by atoms with Gasteiger partial charge in [0.2, 0.25) is 5.91 Å². The van der Waals surface area contributed by atoms with Crippen molar-refractivity contribution in [1.29, 1.82) is 0 Å². The van der Waals surface area contributed by atoms with Crippen molar-refractivity contribution >= 4 is 28.8 Å². The van der Waals surface area contributed by atoms with Crippen LogP contribution in [-0.2, 0) is 4.79 Å². The molecule has 6 heteroatoms. The fraction of sp³-hybridized carbons (Fsp3) is 0.231. The van der Waals surface area contributed by atoms with Crippen LogP contribution in [0.25, 0.3) is 5.65 Å². The summed E-state index contributed by atoms with van der Waals surface area (Å²) in [6, 6.07) is 24.1. The molecular formula is C26H25ClN4O. The number of hydrogen-bond acceptors (Lipinski definition) is 3. The molecule has 0 radical (unpaired) electrons. The molecule has 0 saturated carbocycles. The molecule has 3 heterocycles. The predicted octanol–water partition coefficient (Wildman–Crippen LogP) is 4.86. The third-order valence-electron chi connectivity index (χ3n) is 6.19. The van der Waals surface area contributed by atoms with Crippen LogP contribution in [0.4, 0.5) is 5.69 Å². The van der Waals surface area contributed by atoms with Gasteiger partial charge in [0.05, 0.1) is 5.69 Å². The van der Waals surface area contributed by atoms with E-state index in [1.54, 1.807) is 0 Å². The number of fused-ring (bicyclic) bond motifs is 1. The van der Waals surface area contributed by atoms with Crippen molar-refractivity contribution < 1.29 is 4.79 Å². The third kappa shape index (κ3) is 4.21. The highest BCUT2D eigenvalue weighted by molar-refractivity contribution is 6.30. The number of hydrogen-bond donors (Lipinski definition) is 0. The van der Waals surface area contributed by atoms with Gasteiger partial charge in [-0.15, -0.1) is 0 Å². The highest BCUT2D eigenvalue weighted by atomic mass is 35.5. The summed E-state index contributed by atoms with van der Waals surface area (Å²) in [5, 5.41) is 0.736. The highest BCUT2D eigenvalue weighted by Gasteiger charge is 2.27. The lowest BCUT2D eigenvalue weighted by Crippen LogP contribution is -2.49. The van der Waals surface area contributed by atoms with Crippen molar-refractivity contribution in [3.8, 4) is 0 Å². The number of nitrogens with zero attached hydrogens (tertiary/aromatic N) is 4. The van der Waals surface area contributed by atoms with E-state index in [0.717, 1.165) is 40.7 Å². The van der Waals surface area contributed by atoms with Crippen LogP contribution < -0.4 is 4.90 Å². The molecule has 2 aromatic heterocycles.